The molecule has 1 rings (SSSR count). The number of imide groups is 1. The number of hydrogen-bond acceptors (Lipinski definition) is 3. The highest BCUT2D eigenvalue weighted by atomic mass is 16.4. The normalized spacial score (nSPS) is 26.6. The topological polar surface area (TPSA) is 95.5 Å². The van der Waals surface area contributed by atoms with Gasteiger partial charge >= 0.3 is 12.0 Å². The maximum absolute atomic E-state index is 11.8. The van der Waals surface area contributed by atoms with E-state index in [9.17, 15) is 14.4 Å². The first-order valence-electron chi connectivity index (χ1n) is 7.23. The summed E-state index contributed by atoms with van der Waals surface area (Å²) in [6.07, 6.45) is 2.95. The second kappa shape index (κ2) is 7.24. The van der Waals surface area contributed by atoms with E-state index >= 15 is 0 Å². The van der Waals surface area contributed by atoms with Crippen LogP contribution in [0, 0.1) is 11.8 Å². The molecule has 1 fully saturated rings. The van der Waals surface area contributed by atoms with Crippen LogP contribution in [0.15, 0.2) is 11.1 Å². The number of nitrogens with one attached hydrogen (secondary N) is 2. The van der Waals surface area contributed by atoms with E-state index in [1.54, 1.807) is 0 Å². The summed E-state index contributed by atoms with van der Waals surface area (Å²) in [6.45, 7) is 7.02. The Bertz CT molecular complexity index is 460. The molecule has 0 spiro atoms. The van der Waals surface area contributed by atoms with Gasteiger partial charge in [-0.2, -0.15) is 0 Å². The van der Waals surface area contributed by atoms with Crippen molar-refractivity contribution in [2.45, 2.75) is 53.0 Å². The Hall–Kier alpha value is -1.85. The molecular weight excluding hydrogens is 272 g/mol. The minimum atomic E-state index is -1.17. The van der Waals surface area contributed by atoms with E-state index in [0.717, 1.165) is 19.3 Å². The van der Waals surface area contributed by atoms with Crippen LogP contribution in [0.3, 0.4) is 0 Å². The zero-order chi connectivity index (χ0) is 16.2. The molecule has 21 heavy (non-hydrogen) atoms. The Morgan fingerprint density at radius 1 is 0.952 bits per heavy atom. The highest BCUT2D eigenvalue weighted by molar-refractivity contribution is 6.07. The van der Waals surface area contributed by atoms with Crippen molar-refractivity contribution in [3.05, 3.63) is 11.1 Å². The quantitative estimate of drug-likeness (QED) is 0.695. The standard InChI is InChI=1S/C15H24N2O4/c1-8-5-9(2)7-12(6-8)16-15(21)17-13(18)10(3)11(4)14(19)20/h8-9,12H,5-7H2,1-4H3,(H,19,20)(H2,16,17,18,21). The monoisotopic (exact) mass is 296 g/mol. The summed E-state index contributed by atoms with van der Waals surface area (Å²) < 4.78 is 0. The van der Waals surface area contributed by atoms with Gasteiger partial charge in [-0.1, -0.05) is 13.8 Å². The Balaban J connectivity index is 2.56. The van der Waals surface area contributed by atoms with Gasteiger partial charge in [0.25, 0.3) is 5.91 Å². The lowest BCUT2D eigenvalue weighted by Gasteiger charge is -2.31. The first-order valence-corrected chi connectivity index (χ1v) is 7.23. The Morgan fingerprint density at radius 3 is 1.95 bits per heavy atom. The molecule has 0 aromatic carbocycles. The zero-order valence-corrected chi connectivity index (χ0v) is 13.0. The molecule has 0 bridgehead atoms. The van der Waals surface area contributed by atoms with Crippen LogP contribution in [-0.4, -0.2) is 29.1 Å². The lowest BCUT2D eigenvalue weighted by atomic mass is 9.80. The van der Waals surface area contributed by atoms with Gasteiger partial charge in [-0.05, 0) is 44.9 Å². The number of amides is 3. The molecular formula is C15H24N2O4. The molecule has 0 radical (unpaired) electrons. The number of aliphatic carboxylic acids is 1. The summed E-state index contributed by atoms with van der Waals surface area (Å²) in [5.41, 5.74) is -0.0387. The molecule has 1 saturated carbocycles. The molecule has 0 aromatic rings. The number of urea groups is 1. The lowest BCUT2D eigenvalue weighted by Crippen LogP contribution is -2.47. The van der Waals surface area contributed by atoms with E-state index in [4.69, 9.17) is 5.11 Å². The fourth-order valence-corrected chi connectivity index (χ4v) is 2.81. The predicted octanol–water partition coefficient (Wildman–Crippen LogP) is 2.06. The summed E-state index contributed by atoms with van der Waals surface area (Å²) in [5.74, 6) is -0.751. The first kappa shape index (κ1) is 17.2. The number of carbonyl (C=O) groups is 3. The molecule has 0 aromatic heterocycles. The molecule has 2 atom stereocenters. The van der Waals surface area contributed by atoms with Gasteiger partial charge in [-0.15, -0.1) is 0 Å². The molecule has 118 valence electrons. The van der Waals surface area contributed by atoms with Gasteiger partial charge < -0.3 is 10.4 Å². The number of hydrogen-bond donors (Lipinski definition) is 3. The third kappa shape index (κ3) is 5.21. The largest absolute Gasteiger partial charge is 0.478 e. The number of rotatable bonds is 3. The molecule has 0 saturated heterocycles. The van der Waals surface area contributed by atoms with Crippen molar-refractivity contribution in [1.29, 1.82) is 0 Å². The van der Waals surface area contributed by atoms with E-state index < -0.39 is 17.9 Å². The third-order valence-electron chi connectivity index (χ3n) is 3.96. The van der Waals surface area contributed by atoms with Gasteiger partial charge in [-0.25, -0.2) is 9.59 Å². The van der Waals surface area contributed by atoms with Crippen molar-refractivity contribution in [1.82, 2.24) is 10.6 Å². The number of carboxylic acids is 1. The number of carboxylic acid groups (broad SMARTS) is 1. The molecule has 6 heteroatoms. The zero-order valence-electron chi connectivity index (χ0n) is 13.0. The second-order valence-electron chi connectivity index (χ2n) is 6.10. The van der Waals surface area contributed by atoms with Gasteiger partial charge in [0.2, 0.25) is 0 Å². The molecule has 2 unspecified atom stereocenters. The second-order valence-corrected chi connectivity index (χ2v) is 6.10. The molecule has 0 heterocycles. The SMILES string of the molecule is CC(C(=O)O)=C(C)C(=O)NC(=O)NC1CC(C)CC(C)C1. The van der Waals surface area contributed by atoms with Crippen LogP contribution < -0.4 is 10.6 Å². The van der Waals surface area contributed by atoms with Gasteiger partial charge in [-0.3, -0.25) is 10.1 Å². The summed E-state index contributed by atoms with van der Waals surface area (Å²) in [5, 5.41) is 13.8. The molecule has 6 nitrogen and oxygen atoms in total. The molecule has 3 amide bonds. The van der Waals surface area contributed by atoms with Crippen molar-refractivity contribution in [3.63, 3.8) is 0 Å². The van der Waals surface area contributed by atoms with Crippen molar-refractivity contribution >= 4 is 17.9 Å². The number of carbonyl (C=O) groups excluding carboxylic acids is 2. The van der Waals surface area contributed by atoms with Gasteiger partial charge in [0, 0.05) is 17.2 Å². The highest BCUT2D eigenvalue weighted by Crippen LogP contribution is 2.28. The summed E-state index contributed by atoms with van der Waals surface area (Å²) >= 11 is 0. The van der Waals surface area contributed by atoms with E-state index in [2.05, 4.69) is 24.5 Å². The van der Waals surface area contributed by atoms with Crippen LogP contribution in [0.4, 0.5) is 4.79 Å². The summed E-state index contributed by atoms with van der Waals surface area (Å²) in [4.78, 5) is 34.4. The van der Waals surface area contributed by atoms with Gasteiger partial charge in [0.05, 0.1) is 0 Å². The van der Waals surface area contributed by atoms with E-state index in [0.29, 0.717) is 11.8 Å². The molecule has 0 aliphatic heterocycles. The first-order chi connectivity index (χ1) is 9.70. The van der Waals surface area contributed by atoms with Crippen LogP contribution in [0.5, 0.6) is 0 Å². The van der Waals surface area contributed by atoms with Crippen molar-refractivity contribution < 1.29 is 19.5 Å². The van der Waals surface area contributed by atoms with Crippen molar-refractivity contribution in [2.75, 3.05) is 0 Å². The van der Waals surface area contributed by atoms with Crippen LogP contribution >= 0.6 is 0 Å². The van der Waals surface area contributed by atoms with Crippen molar-refractivity contribution in [2.24, 2.45) is 11.8 Å². The van der Waals surface area contributed by atoms with Crippen LogP contribution in [0.1, 0.15) is 47.0 Å². The molecule has 3 N–H and O–H groups in total. The maximum Gasteiger partial charge on any atom is 0.331 e. The van der Waals surface area contributed by atoms with Crippen LogP contribution in [-0.2, 0) is 9.59 Å². The molecule has 1 aliphatic rings. The van der Waals surface area contributed by atoms with Crippen LogP contribution in [0.25, 0.3) is 0 Å². The minimum Gasteiger partial charge on any atom is -0.478 e. The summed E-state index contributed by atoms with van der Waals surface area (Å²) in [6, 6.07) is -0.509. The fourth-order valence-electron chi connectivity index (χ4n) is 2.81. The minimum absolute atomic E-state index is 0.0306. The van der Waals surface area contributed by atoms with E-state index in [1.165, 1.54) is 13.8 Å². The Kier molecular flexibility index (Phi) is 5.93. The van der Waals surface area contributed by atoms with E-state index in [1.807, 2.05) is 0 Å². The van der Waals surface area contributed by atoms with Crippen LogP contribution in [0.2, 0.25) is 0 Å². The Morgan fingerprint density at radius 2 is 1.48 bits per heavy atom. The lowest BCUT2D eigenvalue weighted by molar-refractivity contribution is -0.133. The van der Waals surface area contributed by atoms with Crippen molar-refractivity contribution in [3.8, 4) is 0 Å². The van der Waals surface area contributed by atoms with Gasteiger partial charge in [0.15, 0.2) is 0 Å². The molecule has 1 aliphatic carbocycles. The smallest absolute Gasteiger partial charge is 0.331 e. The Labute approximate surface area is 125 Å². The third-order valence-corrected chi connectivity index (χ3v) is 3.96. The predicted molar refractivity (Wildman–Crippen MR) is 78.7 cm³/mol. The fraction of sp³-hybridized carbons (Fsp3) is 0.667. The summed E-state index contributed by atoms with van der Waals surface area (Å²) in [7, 11) is 0. The average molecular weight is 296 g/mol. The average Bonchev–Trinajstić information content (AvgIpc) is 2.35. The van der Waals surface area contributed by atoms with E-state index in [-0.39, 0.29) is 17.2 Å². The maximum atomic E-state index is 11.8. The highest BCUT2D eigenvalue weighted by Gasteiger charge is 2.25. The van der Waals surface area contributed by atoms with Gasteiger partial charge in [0.1, 0.15) is 0 Å².